The minimum absolute atomic E-state index is 0.231. The molecule has 0 aliphatic rings. The Morgan fingerprint density at radius 3 is 2.70 bits per heavy atom. The van der Waals surface area contributed by atoms with Crippen LogP contribution in [0, 0.1) is 0 Å². The zero-order valence-corrected chi connectivity index (χ0v) is 16.3. The summed E-state index contributed by atoms with van der Waals surface area (Å²) in [6.45, 7) is 7.87. The minimum Gasteiger partial charge on any atom is -0.366 e. The fourth-order valence-corrected chi connectivity index (χ4v) is 3.48. The molecule has 1 amide bonds. The molecule has 23 heavy (non-hydrogen) atoms. The maximum Gasteiger partial charge on any atom is 0.251 e. The maximum absolute atomic E-state index is 11.7. The molecule has 2 N–H and O–H groups in total. The van der Waals surface area contributed by atoms with E-state index in [0.717, 1.165) is 6.04 Å². The number of nitrogens with two attached hydrogens (primary N) is 1. The summed E-state index contributed by atoms with van der Waals surface area (Å²) in [4.78, 5) is 20.3. The fraction of sp³-hybridized carbons (Fsp3) is 0.500. The Bertz CT molecular complexity index is 730. The van der Waals surface area contributed by atoms with Crippen molar-refractivity contribution in [3.8, 4) is 0 Å². The molecule has 2 rings (SSSR count). The average Bonchev–Trinajstić information content (AvgIpc) is 2.82. The predicted molar refractivity (Wildman–Crippen MR) is 96.9 cm³/mol. The Balaban J connectivity index is 2.32. The van der Waals surface area contributed by atoms with Gasteiger partial charge in [-0.3, -0.25) is 4.79 Å². The molecule has 0 atom stereocenters. The van der Waals surface area contributed by atoms with Crippen molar-refractivity contribution in [3.05, 3.63) is 16.9 Å². The van der Waals surface area contributed by atoms with Crippen molar-refractivity contribution in [2.24, 2.45) is 5.73 Å². The van der Waals surface area contributed by atoms with Gasteiger partial charge in [0.2, 0.25) is 0 Å². The van der Waals surface area contributed by atoms with Crippen molar-refractivity contribution >= 4 is 48.4 Å². The summed E-state index contributed by atoms with van der Waals surface area (Å²) in [5.74, 6) is -0.557. The molecular weight excluding hydrogens is 352 g/mol. The van der Waals surface area contributed by atoms with Crippen molar-refractivity contribution in [2.75, 3.05) is 12.9 Å². The molecule has 0 unspecified atom stereocenters. The first-order valence-electron chi connectivity index (χ1n) is 7.21. The van der Waals surface area contributed by atoms with Gasteiger partial charge in [-0.15, -0.1) is 0 Å². The second kappa shape index (κ2) is 7.21. The standard InChI is InChI=1S/C14H21ClN4O2SSi/c1-22-14-17-11(15)10-9(12(16)20)7-19(13(10)18-14)8-21-5-6-23(2,3)4/h7H,5-6,8H2,1-4H3,(H2,16,20). The van der Waals surface area contributed by atoms with Crippen molar-refractivity contribution in [3.63, 3.8) is 0 Å². The quantitative estimate of drug-likeness (QED) is 0.265. The second-order valence-electron chi connectivity index (χ2n) is 6.42. The van der Waals surface area contributed by atoms with E-state index in [9.17, 15) is 4.79 Å². The summed E-state index contributed by atoms with van der Waals surface area (Å²) in [6.07, 6.45) is 3.50. The van der Waals surface area contributed by atoms with Crippen LogP contribution in [0.5, 0.6) is 0 Å². The largest absolute Gasteiger partial charge is 0.366 e. The van der Waals surface area contributed by atoms with Gasteiger partial charge >= 0.3 is 0 Å². The van der Waals surface area contributed by atoms with Crippen LogP contribution in [-0.4, -0.2) is 41.4 Å². The van der Waals surface area contributed by atoms with Crippen LogP contribution in [-0.2, 0) is 11.5 Å². The fourth-order valence-electron chi connectivity index (χ4n) is 2.04. The lowest BCUT2D eigenvalue weighted by Gasteiger charge is -2.15. The van der Waals surface area contributed by atoms with Gasteiger partial charge in [0.1, 0.15) is 17.5 Å². The van der Waals surface area contributed by atoms with Crippen LogP contribution in [0.25, 0.3) is 11.0 Å². The summed E-state index contributed by atoms with van der Waals surface area (Å²) in [5, 5.41) is 1.25. The van der Waals surface area contributed by atoms with E-state index < -0.39 is 14.0 Å². The number of amides is 1. The number of hydrogen-bond donors (Lipinski definition) is 1. The molecule has 0 aromatic carbocycles. The molecule has 9 heteroatoms. The van der Waals surface area contributed by atoms with Crippen LogP contribution in [0.15, 0.2) is 11.4 Å². The third kappa shape index (κ3) is 4.47. The first-order valence-corrected chi connectivity index (χ1v) is 12.5. The number of thioether (sulfide) groups is 1. The highest BCUT2D eigenvalue weighted by molar-refractivity contribution is 7.98. The Morgan fingerprint density at radius 1 is 1.43 bits per heavy atom. The van der Waals surface area contributed by atoms with Gasteiger partial charge in [-0.05, 0) is 12.3 Å². The smallest absolute Gasteiger partial charge is 0.251 e. The van der Waals surface area contributed by atoms with Gasteiger partial charge in [0.15, 0.2) is 5.16 Å². The minimum atomic E-state index is -1.14. The summed E-state index contributed by atoms with van der Waals surface area (Å²) in [5.41, 5.74) is 6.32. The molecule has 2 aromatic heterocycles. The first kappa shape index (κ1) is 18.2. The van der Waals surface area contributed by atoms with E-state index >= 15 is 0 Å². The van der Waals surface area contributed by atoms with Gasteiger partial charge < -0.3 is 15.0 Å². The van der Waals surface area contributed by atoms with Crippen molar-refractivity contribution in [2.45, 2.75) is 37.6 Å². The summed E-state index contributed by atoms with van der Waals surface area (Å²) in [7, 11) is -1.14. The molecule has 6 nitrogen and oxygen atoms in total. The van der Waals surface area contributed by atoms with E-state index in [1.165, 1.54) is 11.8 Å². The number of fused-ring (bicyclic) bond motifs is 1. The number of carbonyl (C=O) groups is 1. The molecule has 0 radical (unpaired) electrons. The molecular formula is C14H21ClN4O2SSi. The number of rotatable bonds is 7. The van der Waals surface area contributed by atoms with Crippen LogP contribution in [0.3, 0.4) is 0 Å². The maximum atomic E-state index is 11.7. The van der Waals surface area contributed by atoms with Crippen LogP contribution >= 0.6 is 23.4 Å². The lowest BCUT2D eigenvalue weighted by atomic mass is 10.2. The van der Waals surface area contributed by atoms with E-state index in [-0.39, 0.29) is 5.15 Å². The molecule has 0 fully saturated rings. The molecule has 0 bridgehead atoms. The third-order valence-corrected chi connectivity index (χ3v) is 5.85. The third-order valence-electron chi connectivity index (χ3n) is 3.33. The molecule has 0 spiro atoms. The van der Waals surface area contributed by atoms with E-state index in [1.54, 1.807) is 10.8 Å². The number of carbonyl (C=O) groups excluding carboxylic acids is 1. The molecule has 2 heterocycles. The number of ether oxygens (including phenoxy) is 1. The highest BCUT2D eigenvalue weighted by Crippen LogP contribution is 2.28. The zero-order chi connectivity index (χ0) is 17.2. The Morgan fingerprint density at radius 2 is 2.13 bits per heavy atom. The van der Waals surface area contributed by atoms with Crippen LogP contribution in [0.2, 0.25) is 30.8 Å². The van der Waals surface area contributed by atoms with Gasteiger partial charge in [-0.2, -0.15) is 0 Å². The molecule has 0 saturated carbocycles. The van der Waals surface area contributed by atoms with Crippen LogP contribution < -0.4 is 5.73 Å². The molecule has 126 valence electrons. The number of nitrogens with zero attached hydrogens (tertiary/aromatic N) is 3. The van der Waals surface area contributed by atoms with Gasteiger partial charge in [-0.1, -0.05) is 43.0 Å². The van der Waals surface area contributed by atoms with Crippen molar-refractivity contribution < 1.29 is 9.53 Å². The number of aromatic nitrogens is 3. The zero-order valence-electron chi connectivity index (χ0n) is 13.7. The van der Waals surface area contributed by atoms with E-state index in [1.807, 2.05) is 6.26 Å². The summed E-state index contributed by atoms with van der Waals surface area (Å²) >= 11 is 7.59. The number of halogens is 1. The predicted octanol–water partition coefficient (Wildman–Crippen LogP) is 3.22. The van der Waals surface area contributed by atoms with E-state index in [4.69, 9.17) is 22.1 Å². The highest BCUT2D eigenvalue weighted by Gasteiger charge is 2.19. The lowest BCUT2D eigenvalue weighted by molar-refractivity contribution is 0.0894. The summed E-state index contributed by atoms with van der Waals surface area (Å²) in [6, 6.07) is 1.07. The topological polar surface area (TPSA) is 83.0 Å². The van der Waals surface area contributed by atoms with Gasteiger partial charge in [0.25, 0.3) is 5.91 Å². The number of hydrogen-bond acceptors (Lipinski definition) is 5. The van der Waals surface area contributed by atoms with Crippen LogP contribution in [0.1, 0.15) is 10.4 Å². The average molecular weight is 373 g/mol. The molecule has 2 aromatic rings. The van der Waals surface area contributed by atoms with E-state index in [2.05, 4.69) is 29.6 Å². The summed E-state index contributed by atoms with van der Waals surface area (Å²) < 4.78 is 7.50. The number of primary amides is 1. The SMILES string of the molecule is CSc1nc(Cl)c2c(C(N)=O)cn(COCC[Si](C)(C)C)c2n1. The molecule has 0 aliphatic heterocycles. The first-order chi connectivity index (χ1) is 10.7. The molecule has 0 saturated heterocycles. The Labute approximate surface area is 145 Å². The Hall–Kier alpha value is -1.09. The normalized spacial score (nSPS) is 12.0. The van der Waals surface area contributed by atoms with Crippen molar-refractivity contribution in [1.29, 1.82) is 0 Å². The van der Waals surface area contributed by atoms with Gasteiger partial charge in [-0.25, -0.2) is 9.97 Å². The second-order valence-corrected chi connectivity index (χ2v) is 13.2. The monoisotopic (exact) mass is 372 g/mol. The van der Waals surface area contributed by atoms with Gasteiger partial charge in [0, 0.05) is 20.9 Å². The lowest BCUT2D eigenvalue weighted by Crippen LogP contribution is -2.22. The molecule has 0 aliphatic carbocycles. The Kier molecular flexibility index (Phi) is 5.72. The van der Waals surface area contributed by atoms with Crippen LogP contribution in [0.4, 0.5) is 0 Å². The highest BCUT2D eigenvalue weighted by atomic mass is 35.5. The van der Waals surface area contributed by atoms with E-state index in [0.29, 0.717) is 35.1 Å². The van der Waals surface area contributed by atoms with Gasteiger partial charge in [0.05, 0.1) is 10.9 Å². The van der Waals surface area contributed by atoms with Crippen molar-refractivity contribution in [1.82, 2.24) is 14.5 Å².